The van der Waals surface area contributed by atoms with Gasteiger partial charge in [-0.15, -0.1) is 0 Å². The summed E-state index contributed by atoms with van der Waals surface area (Å²) in [5.41, 5.74) is 4.23. The maximum atomic E-state index is 3.70. The first kappa shape index (κ1) is 14.0. The van der Waals surface area contributed by atoms with E-state index in [2.05, 4.69) is 56.5 Å². The third-order valence-electron chi connectivity index (χ3n) is 3.08. The van der Waals surface area contributed by atoms with Crippen LogP contribution in [0.5, 0.6) is 0 Å². The summed E-state index contributed by atoms with van der Waals surface area (Å²) in [4.78, 5) is 0. The number of likely N-dealkylation sites (N-methyl/N-ethyl adjacent to an activating group) is 1. The Morgan fingerprint density at radius 3 is 2.00 bits per heavy atom. The normalized spacial score (nSPS) is 11.6. The van der Waals surface area contributed by atoms with Crippen LogP contribution in [0.25, 0.3) is 0 Å². The molecular weight excluding hydrogens is 208 g/mol. The van der Waals surface area contributed by atoms with Crippen LogP contribution in [0.4, 0.5) is 5.69 Å². The van der Waals surface area contributed by atoms with Crippen molar-refractivity contribution in [2.75, 3.05) is 18.9 Å². The fourth-order valence-electron chi connectivity index (χ4n) is 2.23. The Kier molecular flexibility index (Phi) is 5.01. The molecule has 0 amide bonds. The van der Waals surface area contributed by atoms with Gasteiger partial charge in [-0.05, 0) is 44.9 Å². The van der Waals surface area contributed by atoms with Gasteiger partial charge in [0.25, 0.3) is 0 Å². The Morgan fingerprint density at radius 1 is 1.06 bits per heavy atom. The first-order valence-electron chi connectivity index (χ1n) is 6.57. The monoisotopic (exact) mass is 234 g/mol. The number of anilines is 1. The minimum absolute atomic E-state index is 0.0734. The summed E-state index contributed by atoms with van der Waals surface area (Å²) < 4.78 is 0. The molecule has 2 heteroatoms. The van der Waals surface area contributed by atoms with E-state index in [0.717, 1.165) is 19.4 Å². The molecule has 0 aliphatic heterocycles. The van der Waals surface area contributed by atoms with Crippen LogP contribution < -0.4 is 10.6 Å². The molecule has 1 rings (SSSR count). The molecule has 2 nitrogen and oxygen atoms in total. The quantitative estimate of drug-likeness (QED) is 0.789. The second-order valence-electron chi connectivity index (χ2n) is 5.20. The zero-order valence-electron chi connectivity index (χ0n) is 11.9. The predicted octanol–water partition coefficient (Wildman–Crippen LogP) is 3.22. The third kappa shape index (κ3) is 3.74. The predicted molar refractivity (Wildman–Crippen MR) is 76.8 cm³/mol. The first-order valence-corrected chi connectivity index (χ1v) is 6.57. The van der Waals surface area contributed by atoms with E-state index in [-0.39, 0.29) is 5.54 Å². The smallest absolute Gasteiger partial charge is 0.0441 e. The summed E-state index contributed by atoms with van der Waals surface area (Å²) in [6, 6.07) is 6.60. The summed E-state index contributed by atoms with van der Waals surface area (Å²) in [6.07, 6.45) is 2.15. The van der Waals surface area contributed by atoms with Crippen molar-refractivity contribution in [3.8, 4) is 0 Å². The number of hydrogen-bond acceptors (Lipinski definition) is 2. The second-order valence-corrected chi connectivity index (χ2v) is 5.20. The average molecular weight is 234 g/mol. The summed E-state index contributed by atoms with van der Waals surface area (Å²) in [7, 11) is 2.00. The van der Waals surface area contributed by atoms with Gasteiger partial charge < -0.3 is 10.6 Å². The number of aryl methyl sites for hydroxylation is 2. The molecule has 0 aromatic heterocycles. The minimum Gasteiger partial charge on any atom is -0.378 e. The van der Waals surface area contributed by atoms with Gasteiger partial charge in [-0.1, -0.05) is 32.0 Å². The van der Waals surface area contributed by atoms with E-state index in [1.807, 2.05) is 7.05 Å². The Labute approximate surface area is 106 Å². The van der Waals surface area contributed by atoms with Crippen LogP contribution in [-0.4, -0.2) is 19.1 Å². The van der Waals surface area contributed by atoms with Crippen LogP contribution >= 0.6 is 0 Å². The molecule has 0 aliphatic carbocycles. The Hall–Kier alpha value is -1.02. The zero-order valence-corrected chi connectivity index (χ0v) is 11.9. The van der Waals surface area contributed by atoms with Crippen LogP contribution in [0.3, 0.4) is 0 Å². The van der Waals surface area contributed by atoms with Gasteiger partial charge in [-0.2, -0.15) is 0 Å². The highest BCUT2D eigenvalue weighted by molar-refractivity contribution is 5.59. The Morgan fingerprint density at radius 2 is 1.59 bits per heavy atom. The molecule has 0 radical (unpaired) electrons. The molecule has 0 atom stereocenters. The molecule has 0 unspecified atom stereocenters. The van der Waals surface area contributed by atoms with Crippen molar-refractivity contribution in [1.29, 1.82) is 0 Å². The SMILES string of the molecule is CCc1cccc(CC)c1NC(C)(C)CNC. The van der Waals surface area contributed by atoms with E-state index < -0.39 is 0 Å². The minimum atomic E-state index is 0.0734. The third-order valence-corrected chi connectivity index (χ3v) is 3.08. The number of para-hydroxylation sites is 1. The van der Waals surface area contributed by atoms with Gasteiger partial charge in [0.1, 0.15) is 0 Å². The largest absolute Gasteiger partial charge is 0.378 e. The van der Waals surface area contributed by atoms with Crippen LogP contribution in [0, 0.1) is 0 Å². The van der Waals surface area contributed by atoms with E-state index in [0.29, 0.717) is 0 Å². The lowest BCUT2D eigenvalue weighted by Gasteiger charge is -2.30. The van der Waals surface area contributed by atoms with E-state index in [1.165, 1.54) is 16.8 Å². The molecule has 1 aromatic rings. The van der Waals surface area contributed by atoms with Crippen LogP contribution in [0.2, 0.25) is 0 Å². The van der Waals surface area contributed by atoms with Crippen LogP contribution in [-0.2, 0) is 12.8 Å². The summed E-state index contributed by atoms with van der Waals surface area (Å²) >= 11 is 0. The van der Waals surface area contributed by atoms with Crippen molar-refractivity contribution < 1.29 is 0 Å². The zero-order chi connectivity index (χ0) is 12.9. The maximum Gasteiger partial charge on any atom is 0.0441 e. The lowest BCUT2D eigenvalue weighted by atomic mass is 9.98. The Balaban J connectivity index is 3.02. The number of nitrogens with one attached hydrogen (secondary N) is 2. The van der Waals surface area contributed by atoms with Crippen molar-refractivity contribution in [2.24, 2.45) is 0 Å². The number of rotatable bonds is 6. The lowest BCUT2D eigenvalue weighted by Crippen LogP contribution is -2.41. The molecule has 17 heavy (non-hydrogen) atoms. The van der Waals surface area contributed by atoms with E-state index in [9.17, 15) is 0 Å². The van der Waals surface area contributed by atoms with Gasteiger partial charge >= 0.3 is 0 Å². The molecule has 0 heterocycles. The number of benzene rings is 1. The summed E-state index contributed by atoms with van der Waals surface area (Å²) in [6.45, 7) is 9.84. The van der Waals surface area contributed by atoms with Crippen LogP contribution in [0.1, 0.15) is 38.8 Å². The van der Waals surface area contributed by atoms with Gasteiger partial charge in [0.2, 0.25) is 0 Å². The lowest BCUT2D eigenvalue weighted by molar-refractivity contribution is 0.529. The molecule has 0 saturated heterocycles. The van der Waals surface area contributed by atoms with Crippen molar-refractivity contribution in [1.82, 2.24) is 5.32 Å². The fraction of sp³-hybridized carbons (Fsp3) is 0.600. The summed E-state index contributed by atoms with van der Waals surface area (Å²) in [5, 5.41) is 6.94. The topological polar surface area (TPSA) is 24.1 Å². The van der Waals surface area contributed by atoms with Gasteiger partial charge in [0.15, 0.2) is 0 Å². The molecule has 96 valence electrons. The van der Waals surface area contributed by atoms with Crippen molar-refractivity contribution in [2.45, 2.75) is 46.1 Å². The van der Waals surface area contributed by atoms with Crippen molar-refractivity contribution in [3.63, 3.8) is 0 Å². The molecule has 0 spiro atoms. The molecule has 0 fully saturated rings. The van der Waals surface area contributed by atoms with Crippen LogP contribution in [0.15, 0.2) is 18.2 Å². The number of hydrogen-bond donors (Lipinski definition) is 2. The average Bonchev–Trinajstić information content (AvgIpc) is 2.28. The molecular formula is C15H26N2. The highest BCUT2D eigenvalue weighted by Gasteiger charge is 2.18. The molecule has 1 aromatic carbocycles. The van der Waals surface area contributed by atoms with Gasteiger partial charge in [0.05, 0.1) is 0 Å². The summed E-state index contributed by atoms with van der Waals surface area (Å²) in [5.74, 6) is 0. The second kappa shape index (κ2) is 6.06. The Bertz CT molecular complexity index is 334. The van der Waals surface area contributed by atoms with Crippen molar-refractivity contribution >= 4 is 5.69 Å². The van der Waals surface area contributed by atoms with Gasteiger partial charge in [0, 0.05) is 17.8 Å². The standard InChI is InChI=1S/C15H26N2/c1-6-12-9-8-10-13(7-2)14(12)17-15(3,4)11-16-5/h8-10,16-17H,6-7,11H2,1-5H3. The molecule has 2 N–H and O–H groups in total. The molecule has 0 bridgehead atoms. The maximum absolute atomic E-state index is 3.70. The van der Waals surface area contributed by atoms with E-state index in [1.54, 1.807) is 0 Å². The van der Waals surface area contributed by atoms with E-state index >= 15 is 0 Å². The molecule has 0 aliphatic rings. The highest BCUT2D eigenvalue weighted by atomic mass is 15.0. The van der Waals surface area contributed by atoms with Crippen molar-refractivity contribution in [3.05, 3.63) is 29.3 Å². The fourth-order valence-corrected chi connectivity index (χ4v) is 2.23. The first-order chi connectivity index (χ1) is 8.04. The highest BCUT2D eigenvalue weighted by Crippen LogP contribution is 2.25. The van der Waals surface area contributed by atoms with E-state index in [4.69, 9.17) is 0 Å². The van der Waals surface area contributed by atoms with Gasteiger partial charge in [-0.25, -0.2) is 0 Å². The molecule has 0 saturated carbocycles. The van der Waals surface area contributed by atoms with Gasteiger partial charge in [-0.3, -0.25) is 0 Å².